The molecular weight excluding hydrogens is 234 g/mol. The molecular formula is C12H17N3OS. The van der Waals surface area contributed by atoms with Crippen LogP contribution in [0.4, 0.5) is 5.82 Å². The van der Waals surface area contributed by atoms with Crippen LogP contribution in [0.15, 0.2) is 12.1 Å². The molecule has 0 amide bonds. The van der Waals surface area contributed by atoms with Gasteiger partial charge in [0.2, 0.25) is 0 Å². The Labute approximate surface area is 107 Å². The molecule has 0 aromatic carbocycles. The molecule has 1 unspecified atom stereocenters. The van der Waals surface area contributed by atoms with Gasteiger partial charge in [0.15, 0.2) is 0 Å². The van der Waals surface area contributed by atoms with Gasteiger partial charge in [0.25, 0.3) is 0 Å². The molecule has 1 aromatic rings. The van der Waals surface area contributed by atoms with Gasteiger partial charge < -0.3 is 15.8 Å². The number of aryl methyl sites for hydroxylation is 1. The van der Waals surface area contributed by atoms with Crippen molar-refractivity contribution in [3.05, 3.63) is 23.4 Å². The Morgan fingerprint density at radius 1 is 1.65 bits per heavy atom. The van der Waals surface area contributed by atoms with Crippen molar-refractivity contribution >= 4 is 23.0 Å². The molecule has 2 rings (SSSR count). The fourth-order valence-corrected chi connectivity index (χ4v) is 2.01. The zero-order valence-corrected chi connectivity index (χ0v) is 10.7. The van der Waals surface area contributed by atoms with Crippen LogP contribution in [0, 0.1) is 12.8 Å². The number of nitrogens with two attached hydrogens (primary N) is 1. The molecule has 17 heavy (non-hydrogen) atoms. The van der Waals surface area contributed by atoms with Gasteiger partial charge in [-0.1, -0.05) is 12.2 Å². The first kappa shape index (κ1) is 12.3. The maximum absolute atomic E-state index is 5.63. The fraction of sp³-hybridized carbons (Fsp3) is 0.500. The van der Waals surface area contributed by atoms with E-state index in [4.69, 9.17) is 22.7 Å². The maximum atomic E-state index is 5.63. The van der Waals surface area contributed by atoms with E-state index in [2.05, 4.69) is 10.3 Å². The first-order valence-corrected chi connectivity index (χ1v) is 6.16. The van der Waals surface area contributed by atoms with E-state index in [0.717, 1.165) is 43.3 Å². The first-order chi connectivity index (χ1) is 8.15. The topological polar surface area (TPSA) is 60.2 Å². The number of ether oxygens (including phenoxy) is 1. The van der Waals surface area contributed by atoms with Gasteiger partial charge in [-0.15, -0.1) is 0 Å². The third-order valence-electron chi connectivity index (χ3n) is 2.83. The minimum atomic E-state index is 0.405. The third kappa shape index (κ3) is 3.38. The quantitative estimate of drug-likeness (QED) is 0.794. The van der Waals surface area contributed by atoms with E-state index < -0.39 is 0 Å². The van der Waals surface area contributed by atoms with Crippen LogP contribution in [0.3, 0.4) is 0 Å². The minimum absolute atomic E-state index is 0.405. The predicted octanol–water partition coefficient (Wildman–Crippen LogP) is 1.47. The monoisotopic (exact) mass is 251 g/mol. The highest BCUT2D eigenvalue weighted by Crippen LogP contribution is 2.15. The summed E-state index contributed by atoms with van der Waals surface area (Å²) in [5, 5.41) is 3.32. The van der Waals surface area contributed by atoms with Gasteiger partial charge in [0.1, 0.15) is 10.8 Å². The van der Waals surface area contributed by atoms with Crippen LogP contribution in [0.2, 0.25) is 0 Å². The Hall–Kier alpha value is -1.20. The van der Waals surface area contributed by atoms with E-state index in [0.29, 0.717) is 10.9 Å². The number of hydrogen-bond acceptors (Lipinski definition) is 4. The maximum Gasteiger partial charge on any atom is 0.126 e. The smallest absolute Gasteiger partial charge is 0.126 e. The summed E-state index contributed by atoms with van der Waals surface area (Å²) in [6, 6.07) is 3.79. The van der Waals surface area contributed by atoms with Crippen molar-refractivity contribution < 1.29 is 4.74 Å². The van der Waals surface area contributed by atoms with E-state index >= 15 is 0 Å². The molecule has 1 aromatic heterocycles. The minimum Gasteiger partial charge on any atom is -0.389 e. The Bertz CT molecular complexity index is 416. The lowest BCUT2D eigenvalue weighted by molar-refractivity contribution is 0.187. The van der Waals surface area contributed by atoms with Crippen molar-refractivity contribution in [1.29, 1.82) is 0 Å². The number of rotatable bonds is 4. The van der Waals surface area contributed by atoms with Crippen LogP contribution in [-0.2, 0) is 4.74 Å². The standard InChI is InChI=1S/C12H17N3OS/c1-8-4-10(12(13)17)5-11(15-8)14-6-9-2-3-16-7-9/h4-5,9H,2-3,6-7H2,1H3,(H2,13,17)(H,14,15). The van der Waals surface area contributed by atoms with Crippen molar-refractivity contribution in [3.63, 3.8) is 0 Å². The molecule has 1 aliphatic heterocycles. The summed E-state index contributed by atoms with van der Waals surface area (Å²) in [7, 11) is 0. The molecule has 3 N–H and O–H groups in total. The molecule has 4 nitrogen and oxygen atoms in total. The molecule has 0 spiro atoms. The van der Waals surface area contributed by atoms with Gasteiger partial charge in [-0.05, 0) is 25.5 Å². The van der Waals surface area contributed by atoms with Crippen LogP contribution in [0.25, 0.3) is 0 Å². The number of anilines is 1. The molecule has 92 valence electrons. The highest BCUT2D eigenvalue weighted by atomic mass is 32.1. The second-order valence-corrected chi connectivity index (χ2v) is 4.80. The number of pyridine rings is 1. The van der Waals surface area contributed by atoms with E-state index in [9.17, 15) is 0 Å². The summed E-state index contributed by atoms with van der Waals surface area (Å²) in [5.41, 5.74) is 7.40. The molecule has 0 saturated carbocycles. The Balaban J connectivity index is 2.01. The number of hydrogen-bond donors (Lipinski definition) is 2. The fourth-order valence-electron chi connectivity index (χ4n) is 1.89. The molecule has 0 radical (unpaired) electrons. The molecule has 0 aliphatic carbocycles. The molecule has 2 heterocycles. The normalized spacial score (nSPS) is 19.2. The van der Waals surface area contributed by atoms with E-state index in [1.165, 1.54) is 0 Å². The largest absolute Gasteiger partial charge is 0.389 e. The summed E-state index contributed by atoms with van der Waals surface area (Å²) in [6.07, 6.45) is 1.11. The highest BCUT2D eigenvalue weighted by Gasteiger charge is 2.15. The summed E-state index contributed by atoms with van der Waals surface area (Å²) in [5.74, 6) is 1.41. The van der Waals surface area contributed by atoms with Gasteiger partial charge in [0.05, 0.1) is 6.61 Å². The zero-order chi connectivity index (χ0) is 12.3. The van der Waals surface area contributed by atoms with Crippen LogP contribution in [0.5, 0.6) is 0 Å². The summed E-state index contributed by atoms with van der Waals surface area (Å²) >= 11 is 4.97. The second-order valence-electron chi connectivity index (χ2n) is 4.36. The van der Waals surface area contributed by atoms with E-state index in [-0.39, 0.29) is 0 Å². The van der Waals surface area contributed by atoms with Crippen molar-refractivity contribution in [2.75, 3.05) is 25.1 Å². The first-order valence-electron chi connectivity index (χ1n) is 5.75. The SMILES string of the molecule is Cc1cc(C(N)=S)cc(NCC2CCOC2)n1. The molecule has 1 aliphatic rings. The van der Waals surface area contributed by atoms with Crippen LogP contribution in [-0.4, -0.2) is 29.7 Å². The van der Waals surface area contributed by atoms with E-state index in [1.54, 1.807) is 0 Å². The predicted molar refractivity (Wildman–Crippen MR) is 72.3 cm³/mol. The second kappa shape index (κ2) is 5.42. The average Bonchev–Trinajstić information content (AvgIpc) is 2.78. The molecule has 1 saturated heterocycles. The van der Waals surface area contributed by atoms with Crippen LogP contribution >= 0.6 is 12.2 Å². The van der Waals surface area contributed by atoms with Crippen molar-refractivity contribution in [2.24, 2.45) is 11.7 Å². The lowest BCUT2D eigenvalue weighted by atomic mass is 10.1. The van der Waals surface area contributed by atoms with E-state index in [1.807, 2.05) is 19.1 Å². The summed E-state index contributed by atoms with van der Waals surface area (Å²) < 4.78 is 5.33. The lowest BCUT2D eigenvalue weighted by Crippen LogP contribution is -2.16. The van der Waals surface area contributed by atoms with Gasteiger partial charge in [-0.3, -0.25) is 0 Å². The Morgan fingerprint density at radius 3 is 3.12 bits per heavy atom. The van der Waals surface area contributed by atoms with Crippen LogP contribution < -0.4 is 11.1 Å². The number of thiocarbonyl (C=S) groups is 1. The number of nitrogens with zero attached hydrogens (tertiary/aromatic N) is 1. The Morgan fingerprint density at radius 2 is 2.47 bits per heavy atom. The Kier molecular flexibility index (Phi) is 3.91. The number of aromatic nitrogens is 1. The molecule has 5 heteroatoms. The van der Waals surface area contributed by atoms with Gasteiger partial charge >= 0.3 is 0 Å². The highest BCUT2D eigenvalue weighted by molar-refractivity contribution is 7.80. The van der Waals surface area contributed by atoms with Crippen LogP contribution in [0.1, 0.15) is 17.7 Å². The van der Waals surface area contributed by atoms with Crippen molar-refractivity contribution in [3.8, 4) is 0 Å². The summed E-state index contributed by atoms with van der Waals surface area (Å²) in [4.78, 5) is 4.82. The summed E-state index contributed by atoms with van der Waals surface area (Å²) in [6.45, 7) is 4.52. The lowest BCUT2D eigenvalue weighted by Gasteiger charge is -2.11. The molecule has 1 fully saturated rings. The molecule has 0 bridgehead atoms. The van der Waals surface area contributed by atoms with Crippen molar-refractivity contribution in [2.45, 2.75) is 13.3 Å². The zero-order valence-electron chi connectivity index (χ0n) is 9.90. The molecule has 1 atom stereocenters. The average molecular weight is 251 g/mol. The van der Waals surface area contributed by atoms with Crippen molar-refractivity contribution in [1.82, 2.24) is 4.98 Å². The van der Waals surface area contributed by atoms with Gasteiger partial charge in [-0.25, -0.2) is 4.98 Å². The number of nitrogens with one attached hydrogen (secondary N) is 1. The van der Waals surface area contributed by atoms with Gasteiger partial charge in [0, 0.05) is 30.3 Å². The third-order valence-corrected chi connectivity index (χ3v) is 3.07. The van der Waals surface area contributed by atoms with Gasteiger partial charge in [-0.2, -0.15) is 0 Å².